The van der Waals surface area contributed by atoms with Crippen LogP contribution in [-0.2, 0) is 15.1 Å². The van der Waals surface area contributed by atoms with Crippen LogP contribution in [0.4, 0.5) is 0 Å². The Bertz CT molecular complexity index is 633. The Morgan fingerprint density at radius 2 is 1.67 bits per heavy atom. The Labute approximate surface area is 131 Å². The molecule has 1 saturated heterocycles. The van der Waals surface area contributed by atoms with E-state index in [4.69, 9.17) is 4.74 Å². The van der Waals surface area contributed by atoms with Gasteiger partial charge in [-0.15, -0.1) is 0 Å². The fourth-order valence-electron chi connectivity index (χ4n) is 2.49. The Kier molecular flexibility index (Phi) is 3.96. The van der Waals surface area contributed by atoms with Gasteiger partial charge in [0.2, 0.25) is 0 Å². The zero-order valence-electron chi connectivity index (χ0n) is 11.6. The van der Waals surface area contributed by atoms with Crippen molar-refractivity contribution in [3.8, 4) is 0 Å². The summed E-state index contributed by atoms with van der Waals surface area (Å²) >= 11 is 0.252. The van der Waals surface area contributed by atoms with Crippen LogP contribution in [0.5, 0.6) is 0 Å². The first kappa shape index (κ1) is 14.1. The van der Waals surface area contributed by atoms with Gasteiger partial charge < -0.3 is 0 Å². The Morgan fingerprint density at radius 1 is 1.05 bits per heavy atom. The molecule has 0 radical (unpaired) electrons. The molecule has 0 aliphatic carbocycles. The second kappa shape index (κ2) is 5.88. The normalized spacial score (nSPS) is 21.3. The number of benzene rings is 2. The number of carbonyl (C=O) groups is 1. The number of ether oxygens (including phenoxy) is 1. The minimum absolute atomic E-state index is 0.252. The van der Waals surface area contributed by atoms with Crippen molar-refractivity contribution >= 4 is 25.4 Å². The van der Waals surface area contributed by atoms with Crippen molar-refractivity contribution in [2.75, 3.05) is 0 Å². The molecule has 2 aromatic rings. The van der Waals surface area contributed by atoms with Crippen molar-refractivity contribution in [2.24, 2.45) is 0 Å². The Hall–Kier alpha value is -1.83. The molecule has 1 heterocycles. The summed E-state index contributed by atoms with van der Waals surface area (Å²) in [5.74, 6) is -0.261. The molecule has 1 atom stereocenters. The number of cyclic esters (lactones) is 1. The van der Waals surface area contributed by atoms with Crippen LogP contribution in [0.1, 0.15) is 12.0 Å². The molecule has 3 rings (SSSR count). The third kappa shape index (κ3) is 2.94. The van der Waals surface area contributed by atoms with Crippen LogP contribution < -0.4 is 4.46 Å². The second-order valence-corrected chi connectivity index (χ2v) is 7.33. The van der Waals surface area contributed by atoms with E-state index in [1.807, 2.05) is 48.5 Å². The summed E-state index contributed by atoms with van der Waals surface area (Å²) in [4.78, 5) is 11.9. The van der Waals surface area contributed by atoms with Gasteiger partial charge in [0.1, 0.15) is 0 Å². The summed E-state index contributed by atoms with van der Waals surface area (Å²) < 4.78 is 7.06. The topological polar surface area (TPSA) is 26.3 Å². The van der Waals surface area contributed by atoms with E-state index >= 15 is 0 Å². The fraction of sp³-hybridized carbons (Fsp3) is 0.167. The Morgan fingerprint density at radius 3 is 2.24 bits per heavy atom. The monoisotopic (exact) mass is 344 g/mol. The molecule has 1 unspecified atom stereocenters. The zero-order valence-corrected chi connectivity index (χ0v) is 13.3. The van der Waals surface area contributed by atoms with Crippen molar-refractivity contribution in [1.82, 2.24) is 0 Å². The molecule has 2 aromatic carbocycles. The molecular weight excluding hydrogens is 327 g/mol. The number of rotatable bonds is 4. The van der Waals surface area contributed by atoms with Gasteiger partial charge in [-0.2, -0.15) is 0 Å². The molecule has 0 amide bonds. The molecule has 0 spiro atoms. The third-order valence-electron chi connectivity index (χ3n) is 3.59. The van der Waals surface area contributed by atoms with E-state index < -0.39 is 5.60 Å². The first-order valence-corrected chi connectivity index (χ1v) is 8.91. The molecule has 0 saturated carbocycles. The van der Waals surface area contributed by atoms with Crippen molar-refractivity contribution in [1.29, 1.82) is 0 Å². The van der Waals surface area contributed by atoms with E-state index in [0.29, 0.717) is 12.0 Å². The van der Waals surface area contributed by atoms with Gasteiger partial charge in [0.05, 0.1) is 0 Å². The van der Waals surface area contributed by atoms with Crippen molar-refractivity contribution in [3.63, 3.8) is 0 Å². The summed E-state index contributed by atoms with van der Waals surface area (Å²) in [7, 11) is 0. The molecule has 0 aromatic heterocycles. The van der Waals surface area contributed by atoms with E-state index in [9.17, 15) is 4.79 Å². The van der Waals surface area contributed by atoms with Gasteiger partial charge in [0, 0.05) is 0 Å². The fourth-order valence-corrected chi connectivity index (χ4v) is 4.75. The summed E-state index contributed by atoms with van der Waals surface area (Å²) in [5, 5.41) is 0.832. The predicted octanol–water partition coefficient (Wildman–Crippen LogP) is 2.83. The average molecular weight is 343 g/mol. The summed E-state index contributed by atoms with van der Waals surface area (Å²) in [6, 6.07) is 20.4. The summed E-state index contributed by atoms with van der Waals surface area (Å²) in [6.45, 7) is 3.84. The van der Waals surface area contributed by atoms with Crippen LogP contribution in [0.2, 0.25) is 5.32 Å². The number of hydrogen-bond donors (Lipinski definition) is 0. The average Bonchev–Trinajstić information content (AvgIpc) is 2.83. The van der Waals surface area contributed by atoms with Crippen LogP contribution in [-0.4, -0.2) is 20.9 Å². The van der Waals surface area contributed by atoms with E-state index in [1.165, 1.54) is 4.46 Å². The summed E-state index contributed by atoms with van der Waals surface area (Å²) in [5.41, 5.74) is 1.10. The molecule has 1 aliphatic heterocycles. The maximum absolute atomic E-state index is 11.9. The SMILES string of the molecule is C=C1CC(C[Se]c2ccccc2)(c2ccccc2)OC1=O. The second-order valence-electron chi connectivity index (χ2n) is 5.13. The van der Waals surface area contributed by atoms with Gasteiger partial charge >= 0.3 is 131 Å². The third-order valence-corrected chi connectivity index (χ3v) is 6.14. The maximum atomic E-state index is 11.9. The standard InChI is InChI=1S/C18H16O2Se/c1-14-12-18(20-17(14)19,15-8-4-2-5-9-15)13-21-16-10-6-3-7-11-16/h2-11H,1,12-13H2. The predicted molar refractivity (Wildman–Crippen MR) is 84.6 cm³/mol. The van der Waals surface area contributed by atoms with E-state index in [1.54, 1.807) is 0 Å². The molecule has 0 bridgehead atoms. The quantitative estimate of drug-likeness (QED) is 0.485. The van der Waals surface area contributed by atoms with Crippen molar-refractivity contribution < 1.29 is 9.53 Å². The van der Waals surface area contributed by atoms with E-state index in [0.717, 1.165) is 10.9 Å². The van der Waals surface area contributed by atoms with Crippen molar-refractivity contribution in [2.45, 2.75) is 17.3 Å². The van der Waals surface area contributed by atoms with Crippen LogP contribution in [0, 0.1) is 0 Å². The molecule has 0 N–H and O–H groups in total. The molecule has 1 fully saturated rings. The van der Waals surface area contributed by atoms with E-state index in [-0.39, 0.29) is 20.9 Å². The van der Waals surface area contributed by atoms with Gasteiger partial charge in [-0.25, -0.2) is 0 Å². The first-order chi connectivity index (χ1) is 10.2. The first-order valence-electron chi connectivity index (χ1n) is 6.84. The molecular formula is C18H16O2Se. The molecule has 21 heavy (non-hydrogen) atoms. The molecule has 2 nitrogen and oxygen atoms in total. The molecule has 1 aliphatic rings. The van der Waals surface area contributed by atoms with E-state index in [2.05, 4.69) is 18.7 Å². The number of hydrogen-bond acceptors (Lipinski definition) is 2. The molecule has 3 heteroatoms. The van der Waals surface area contributed by atoms with Crippen molar-refractivity contribution in [3.05, 3.63) is 78.4 Å². The zero-order chi connectivity index (χ0) is 14.7. The van der Waals surface area contributed by atoms with Gasteiger partial charge in [-0.1, -0.05) is 0 Å². The van der Waals surface area contributed by atoms with Crippen LogP contribution in [0.15, 0.2) is 72.8 Å². The van der Waals surface area contributed by atoms with Gasteiger partial charge in [-0.3, -0.25) is 0 Å². The van der Waals surface area contributed by atoms with Gasteiger partial charge in [0.15, 0.2) is 0 Å². The van der Waals surface area contributed by atoms with Crippen LogP contribution in [0.25, 0.3) is 0 Å². The number of esters is 1. The van der Waals surface area contributed by atoms with Crippen LogP contribution in [0.3, 0.4) is 0 Å². The Balaban J connectivity index is 1.87. The van der Waals surface area contributed by atoms with Gasteiger partial charge in [-0.05, 0) is 0 Å². The summed E-state index contributed by atoms with van der Waals surface area (Å²) in [6.07, 6.45) is 0.588. The minimum atomic E-state index is -0.536. The van der Waals surface area contributed by atoms with Gasteiger partial charge in [0.25, 0.3) is 0 Å². The molecule has 106 valence electrons. The number of carbonyl (C=O) groups excluding carboxylic acids is 1. The van der Waals surface area contributed by atoms with Crippen LogP contribution >= 0.6 is 0 Å².